The van der Waals surface area contributed by atoms with E-state index in [0.717, 1.165) is 11.8 Å². The first kappa shape index (κ1) is 45.6. The molecule has 4 aromatic heterocycles. The van der Waals surface area contributed by atoms with Crippen molar-refractivity contribution in [2.75, 3.05) is 0 Å². The highest BCUT2D eigenvalue weighted by Crippen LogP contribution is 2.66. The molecule has 7 aromatic rings. The second kappa shape index (κ2) is 20.1. The van der Waals surface area contributed by atoms with E-state index in [1.54, 1.807) is 27.1 Å². The fourth-order valence-corrected chi connectivity index (χ4v) is 17.2. The predicted molar refractivity (Wildman–Crippen MR) is 283 cm³/mol. The number of hydrogen-bond acceptors (Lipinski definition) is 6. The molecule has 2 nitrogen and oxygen atoms in total. The van der Waals surface area contributed by atoms with E-state index < -0.39 is 0 Å². The van der Waals surface area contributed by atoms with Gasteiger partial charge in [0.1, 0.15) is 12.0 Å². The average Bonchev–Trinajstić information content (AvgIpc) is 4.14. The van der Waals surface area contributed by atoms with Crippen molar-refractivity contribution >= 4 is 70.4 Å². The number of thiophene rings is 4. The van der Waals surface area contributed by atoms with Crippen molar-refractivity contribution in [2.24, 2.45) is 0 Å². The number of phenolic OH excluding ortho intramolecular Hbond substituents is 1. The summed E-state index contributed by atoms with van der Waals surface area (Å²) in [6.07, 6.45) is 28.2. The van der Waals surface area contributed by atoms with E-state index in [0.29, 0.717) is 5.75 Å². The molecular formula is C58H68O2S4. The molecule has 6 heteroatoms. The minimum absolute atomic E-state index is 0.00153. The van der Waals surface area contributed by atoms with Crippen molar-refractivity contribution in [1.82, 2.24) is 0 Å². The summed E-state index contributed by atoms with van der Waals surface area (Å²) in [5, 5.41) is 10.2. The maximum absolute atomic E-state index is 11.5. The lowest BCUT2D eigenvalue weighted by Gasteiger charge is -2.33. The Morgan fingerprint density at radius 2 is 0.938 bits per heavy atom. The van der Waals surface area contributed by atoms with Gasteiger partial charge in [-0.2, -0.15) is 0 Å². The van der Waals surface area contributed by atoms with Crippen LogP contribution in [0.2, 0.25) is 0 Å². The molecular weight excluding hydrogens is 857 g/mol. The van der Waals surface area contributed by atoms with Crippen molar-refractivity contribution in [3.05, 3.63) is 101 Å². The molecule has 3 aromatic carbocycles. The molecule has 0 bridgehead atoms. The topological polar surface area (TPSA) is 37.3 Å². The summed E-state index contributed by atoms with van der Waals surface area (Å²) in [5.41, 5.74) is 12.6. The van der Waals surface area contributed by atoms with Crippen LogP contribution in [0.5, 0.6) is 5.75 Å². The lowest BCUT2D eigenvalue weighted by atomic mass is 9.70. The van der Waals surface area contributed by atoms with Crippen LogP contribution in [0.1, 0.15) is 195 Å². The largest absolute Gasteiger partial charge is 0.508 e. The van der Waals surface area contributed by atoms with Gasteiger partial charge in [0.05, 0.1) is 9.40 Å². The Hall–Kier alpha value is -3.55. The summed E-state index contributed by atoms with van der Waals surface area (Å²) >= 11 is 8.07. The zero-order chi connectivity index (χ0) is 44.3. The summed E-state index contributed by atoms with van der Waals surface area (Å²) in [7, 11) is 0. The highest BCUT2D eigenvalue weighted by atomic mass is 32.1. The second-order valence-electron chi connectivity index (χ2n) is 19.4. The second-order valence-corrected chi connectivity index (χ2v) is 23.6. The van der Waals surface area contributed by atoms with E-state index >= 15 is 0 Å². The van der Waals surface area contributed by atoms with E-state index in [1.165, 1.54) is 191 Å². The molecule has 0 saturated carbocycles. The molecule has 1 unspecified atom stereocenters. The van der Waals surface area contributed by atoms with E-state index in [9.17, 15) is 9.90 Å². The molecule has 0 fully saturated rings. The monoisotopic (exact) mass is 924 g/mol. The summed E-state index contributed by atoms with van der Waals surface area (Å²) in [5.74, 6) is 0.325. The number of aromatic hydroxyl groups is 1. The Kier molecular flexibility index (Phi) is 14.3. The van der Waals surface area contributed by atoms with Crippen molar-refractivity contribution in [2.45, 2.75) is 173 Å². The van der Waals surface area contributed by atoms with Crippen LogP contribution >= 0.6 is 45.3 Å². The van der Waals surface area contributed by atoms with Gasteiger partial charge in [0.15, 0.2) is 0 Å². The third kappa shape index (κ3) is 8.64. The first-order chi connectivity index (χ1) is 31.3. The standard InChI is InChI=1S/C58H68O2S4/c1-5-8-11-14-17-20-31-57(4)45-34-44-46(35-43(45)53-51(57)55-49(63-53)36-47(61-55)40-25-23-39(38-59)24-26-40)58(32-21-18-15-12-9-6-2,33-22-19-16-13-10-7-3)52-54(44)64-50-37-48(62-56(50)52)41-27-29-42(60)30-28-41/h23-30,34-38,60H,5-22,31-33H2,1-4H3. The van der Waals surface area contributed by atoms with Gasteiger partial charge in [-0.25, -0.2) is 0 Å². The zero-order valence-electron chi connectivity index (χ0n) is 38.8. The number of phenols is 1. The Morgan fingerprint density at radius 1 is 0.500 bits per heavy atom. The Balaban J connectivity index is 1.19. The Labute approximate surface area is 399 Å². The van der Waals surface area contributed by atoms with Crippen molar-refractivity contribution < 1.29 is 9.90 Å². The normalized spacial score (nSPS) is 15.9. The molecule has 2 aliphatic rings. The van der Waals surface area contributed by atoms with E-state index in [2.05, 4.69) is 87.6 Å². The van der Waals surface area contributed by atoms with Crippen LogP contribution in [-0.2, 0) is 10.8 Å². The Bertz CT molecular complexity index is 2670. The highest BCUT2D eigenvalue weighted by molar-refractivity contribution is 7.32. The van der Waals surface area contributed by atoms with E-state index in [-0.39, 0.29) is 10.8 Å². The number of hydrogen-bond donors (Lipinski definition) is 1. The van der Waals surface area contributed by atoms with Crippen molar-refractivity contribution in [1.29, 1.82) is 0 Å². The minimum atomic E-state index is -0.0587. The van der Waals surface area contributed by atoms with Gasteiger partial charge in [-0.3, -0.25) is 4.79 Å². The van der Waals surface area contributed by atoms with Crippen LogP contribution in [0.25, 0.3) is 60.6 Å². The number of fused-ring (bicyclic) bond motifs is 10. The molecule has 0 aliphatic heterocycles. The van der Waals surface area contributed by atoms with Gasteiger partial charge in [-0.05, 0) is 112 Å². The first-order valence-corrected chi connectivity index (χ1v) is 28.3. The SMILES string of the molecule is CCCCCCCCC1(C)c2cc3c(cc2-c2sc4cc(-c5ccc(C=O)cc5)sc4c21)C(CCCCCCCC)(CCCCCCCC)c1c-3sc2cc(-c3ccc(O)cc3)sc12. The minimum Gasteiger partial charge on any atom is -0.508 e. The van der Waals surface area contributed by atoms with E-state index in [1.807, 2.05) is 58.3 Å². The third-order valence-corrected chi connectivity index (χ3v) is 19.9. The molecule has 4 heterocycles. The van der Waals surface area contributed by atoms with Crippen LogP contribution in [-0.4, -0.2) is 11.4 Å². The van der Waals surface area contributed by atoms with Gasteiger partial charge in [0.2, 0.25) is 0 Å². The van der Waals surface area contributed by atoms with Crippen LogP contribution in [0, 0.1) is 0 Å². The summed E-state index contributed by atoms with van der Waals surface area (Å²) in [6, 6.07) is 26.4. The third-order valence-electron chi connectivity index (χ3n) is 14.9. The molecule has 0 spiro atoms. The van der Waals surface area contributed by atoms with Crippen molar-refractivity contribution in [3.8, 4) is 47.5 Å². The number of carbonyl (C=O) groups is 1. The van der Waals surface area contributed by atoms with Crippen LogP contribution in [0.3, 0.4) is 0 Å². The molecule has 2 aliphatic carbocycles. The lowest BCUT2D eigenvalue weighted by Crippen LogP contribution is -2.26. The summed E-state index contributed by atoms with van der Waals surface area (Å²) in [6.45, 7) is 9.58. The van der Waals surface area contributed by atoms with Gasteiger partial charge >= 0.3 is 0 Å². The number of unbranched alkanes of at least 4 members (excludes halogenated alkanes) is 15. The number of benzene rings is 3. The quantitative estimate of drug-likeness (QED) is 0.0484. The first-order valence-electron chi connectivity index (χ1n) is 25.0. The van der Waals surface area contributed by atoms with Crippen LogP contribution in [0.4, 0.5) is 0 Å². The molecule has 1 atom stereocenters. The van der Waals surface area contributed by atoms with Gasteiger partial charge in [0.25, 0.3) is 0 Å². The van der Waals surface area contributed by atoms with Crippen LogP contribution < -0.4 is 0 Å². The van der Waals surface area contributed by atoms with Gasteiger partial charge in [-0.1, -0.05) is 168 Å². The molecule has 0 radical (unpaired) electrons. The molecule has 9 rings (SSSR count). The predicted octanol–water partition coefficient (Wildman–Crippen LogP) is 19.9. The zero-order valence-corrected chi connectivity index (χ0v) is 42.1. The van der Waals surface area contributed by atoms with E-state index in [4.69, 9.17) is 0 Å². The fourth-order valence-electron chi connectivity index (χ4n) is 11.4. The maximum atomic E-state index is 11.5. The lowest BCUT2D eigenvalue weighted by molar-refractivity contribution is 0.112. The number of aldehydes is 1. The molecule has 0 amide bonds. The molecule has 64 heavy (non-hydrogen) atoms. The smallest absolute Gasteiger partial charge is 0.150 e. The van der Waals surface area contributed by atoms with Crippen molar-refractivity contribution in [3.63, 3.8) is 0 Å². The Morgan fingerprint density at radius 3 is 1.47 bits per heavy atom. The number of carbonyl (C=O) groups excluding carboxylic acids is 1. The maximum Gasteiger partial charge on any atom is 0.150 e. The molecule has 0 saturated heterocycles. The van der Waals surface area contributed by atoms with Gasteiger partial charge in [0, 0.05) is 45.3 Å². The molecule has 336 valence electrons. The van der Waals surface area contributed by atoms with Gasteiger partial charge < -0.3 is 5.11 Å². The molecule has 1 N–H and O–H groups in total. The average molecular weight is 925 g/mol. The van der Waals surface area contributed by atoms with Gasteiger partial charge in [-0.15, -0.1) is 45.3 Å². The number of rotatable bonds is 24. The highest BCUT2D eigenvalue weighted by Gasteiger charge is 2.49. The summed E-state index contributed by atoms with van der Waals surface area (Å²) in [4.78, 5) is 17.2. The van der Waals surface area contributed by atoms with Crippen LogP contribution in [0.15, 0.2) is 72.8 Å². The fraction of sp³-hybridized carbons (Fsp3) is 0.466. The summed E-state index contributed by atoms with van der Waals surface area (Å²) < 4.78 is 5.83.